The van der Waals surface area contributed by atoms with Crippen molar-refractivity contribution >= 4 is 18.0 Å². The highest BCUT2D eigenvalue weighted by atomic mass is 16.6. The molecular formula is C31H34O8. The van der Waals surface area contributed by atoms with Gasteiger partial charge in [-0.1, -0.05) is 62.8 Å². The Bertz CT molecular complexity index is 1180. The highest BCUT2D eigenvalue weighted by molar-refractivity contribution is 5.89. The summed E-state index contributed by atoms with van der Waals surface area (Å²) in [4.78, 5) is 25.4. The molecular weight excluding hydrogens is 500 g/mol. The van der Waals surface area contributed by atoms with Crippen molar-refractivity contribution in [3.05, 3.63) is 104 Å². The van der Waals surface area contributed by atoms with Crippen molar-refractivity contribution in [3.63, 3.8) is 0 Å². The molecule has 0 radical (unpaired) electrons. The van der Waals surface area contributed by atoms with E-state index in [1.807, 2.05) is 0 Å². The van der Waals surface area contributed by atoms with E-state index in [0.717, 1.165) is 0 Å². The second kappa shape index (κ2) is 16.9. The van der Waals surface area contributed by atoms with Crippen LogP contribution in [-0.2, 0) is 25.5 Å². The number of benzene rings is 2. The van der Waals surface area contributed by atoms with E-state index >= 15 is 0 Å². The van der Waals surface area contributed by atoms with Crippen LogP contribution in [0.3, 0.4) is 0 Å². The van der Waals surface area contributed by atoms with Crippen molar-refractivity contribution in [2.45, 2.75) is 12.5 Å². The fourth-order valence-electron chi connectivity index (χ4n) is 3.23. The predicted molar refractivity (Wildman–Crippen MR) is 150 cm³/mol. The van der Waals surface area contributed by atoms with Gasteiger partial charge in [0.25, 0.3) is 0 Å². The highest BCUT2D eigenvalue weighted by Gasteiger charge is 2.25. The number of methoxy groups -OCH3 is 1. The van der Waals surface area contributed by atoms with Gasteiger partial charge in [0.2, 0.25) is 6.10 Å². The van der Waals surface area contributed by atoms with Gasteiger partial charge >= 0.3 is 11.9 Å². The van der Waals surface area contributed by atoms with E-state index in [-0.39, 0.29) is 26.2 Å². The van der Waals surface area contributed by atoms with Gasteiger partial charge in [-0.2, -0.15) is 0 Å². The Kier molecular flexibility index (Phi) is 13.2. The van der Waals surface area contributed by atoms with Gasteiger partial charge in [-0.05, 0) is 41.5 Å². The normalized spacial score (nSPS) is 11.1. The molecule has 0 spiro atoms. The third-order valence-corrected chi connectivity index (χ3v) is 4.96. The summed E-state index contributed by atoms with van der Waals surface area (Å²) in [6.07, 6.45) is 7.88. The second-order valence-corrected chi connectivity index (χ2v) is 7.87. The molecule has 0 heterocycles. The van der Waals surface area contributed by atoms with Crippen LogP contribution in [0.4, 0.5) is 0 Å². The lowest BCUT2D eigenvalue weighted by Gasteiger charge is -2.17. The van der Waals surface area contributed by atoms with Crippen molar-refractivity contribution in [2.24, 2.45) is 0 Å². The molecule has 8 heteroatoms. The lowest BCUT2D eigenvalue weighted by atomic mass is 10.1. The Morgan fingerprint density at radius 2 is 1.36 bits per heavy atom. The van der Waals surface area contributed by atoms with Gasteiger partial charge in [-0.25, -0.2) is 9.59 Å². The van der Waals surface area contributed by atoms with E-state index in [4.69, 9.17) is 28.4 Å². The summed E-state index contributed by atoms with van der Waals surface area (Å²) in [5, 5.41) is 0. The molecule has 0 saturated heterocycles. The van der Waals surface area contributed by atoms with E-state index in [1.165, 1.54) is 19.3 Å². The molecule has 0 bridgehead atoms. The molecule has 0 N–H and O–H groups in total. The quantitative estimate of drug-likeness (QED) is 0.145. The largest absolute Gasteiger partial charge is 0.493 e. The lowest BCUT2D eigenvalue weighted by Crippen LogP contribution is -2.31. The fourth-order valence-corrected chi connectivity index (χ4v) is 3.23. The van der Waals surface area contributed by atoms with Gasteiger partial charge in [-0.3, -0.25) is 0 Å². The molecule has 0 aliphatic heterocycles. The first-order valence-corrected chi connectivity index (χ1v) is 12.1. The first-order valence-electron chi connectivity index (χ1n) is 12.1. The number of rotatable bonds is 18. The minimum Gasteiger partial charge on any atom is -0.493 e. The SMILES string of the molecule is C=CCOC(=O)C(Cc1ccc(OC)c(OCC=C)c1)OC(=O)/C=C/c1ccc(OCC=C)c(OCC=C)c1. The van der Waals surface area contributed by atoms with Gasteiger partial charge in [0.1, 0.15) is 26.4 Å². The first-order chi connectivity index (χ1) is 18.9. The predicted octanol–water partition coefficient (Wildman–Crippen LogP) is 5.29. The maximum Gasteiger partial charge on any atom is 0.348 e. The zero-order valence-electron chi connectivity index (χ0n) is 22.1. The number of carbonyl (C=O) groups is 2. The van der Waals surface area contributed by atoms with Gasteiger partial charge in [0, 0.05) is 12.5 Å². The lowest BCUT2D eigenvalue weighted by molar-refractivity contribution is -0.164. The van der Waals surface area contributed by atoms with Crippen molar-refractivity contribution in [3.8, 4) is 23.0 Å². The van der Waals surface area contributed by atoms with E-state index in [9.17, 15) is 9.59 Å². The zero-order valence-corrected chi connectivity index (χ0v) is 22.1. The molecule has 206 valence electrons. The summed E-state index contributed by atoms with van der Waals surface area (Å²) in [6.45, 7) is 15.3. The van der Waals surface area contributed by atoms with Crippen LogP contribution in [0.25, 0.3) is 6.08 Å². The molecule has 0 aliphatic carbocycles. The fraction of sp³-hybridized carbons (Fsp3) is 0.226. The molecule has 0 amide bonds. The molecule has 2 rings (SSSR count). The van der Waals surface area contributed by atoms with Crippen LogP contribution in [-0.4, -0.2) is 51.6 Å². The van der Waals surface area contributed by atoms with Crippen LogP contribution in [0.1, 0.15) is 11.1 Å². The third kappa shape index (κ3) is 10.3. The van der Waals surface area contributed by atoms with Gasteiger partial charge in [0.15, 0.2) is 23.0 Å². The van der Waals surface area contributed by atoms with Crippen LogP contribution in [0.2, 0.25) is 0 Å². The summed E-state index contributed by atoms with van der Waals surface area (Å²) < 4.78 is 32.9. The molecule has 0 fully saturated rings. The second-order valence-electron chi connectivity index (χ2n) is 7.87. The van der Waals surface area contributed by atoms with E-state index in [0.29, 0.717) is 40.7 Å². The minimum absolute atomic E-state index is 0.0210. The topological polar surface area (TPSA) is 89.5 Å². The number of hydrogen-bond donors (Lipinski definition) is 0. The number of esters is 2. The first kappa shape index (κ1) is 30.5. The number of ether oxygens (including phenoxy) is 6. The molecule has 2 aromatic carbocycles. The monoisotopic (exact) mass is 534 g/mol. The maximum atomic E-state index is 12.7. The molecule has 1 atom stereocenters. The minimum atomic E-state index is -1.20. The Morgan fingerprint density at radius 1 is 0.769 bits per heavy atom. The highest BCUT2D eigenvalue weighted by Crippen LogP contribution is 2.30. The van der Waals surface area contributed by atoms with E-state index in [2.05, 4.69) is 26.3 Å². The number of hydrogen-bond acceptors (Lipinski definition) is 8. The van der Waals surface area contributed by atoms with Gasteiger partial charge < -0.3 is 28.4 Å². The molecule has 39 heavy (non-hydrogen) atoms. The average molecular weight is 535 g/mol. The molecule has 8 nitrogen and oxygen atoms in total. The average Bonchev–Trinajstić information content (AvgIpc) is 2.95. The molecule has 0 aromatic heterocycles. The Morgan fingerprint density at radius 3 is 1.97 bits per heavy atom. The zero-order chi connectivity index (χ0) is 28.5. The van der Waals surface area contributed by atoms with Crippen LogP contribution in [0.5, 0.6) is 23.0 Å². The van der Waals surface area contributed by atoms with Crippen LogP contribution in [0, 0.1) is 0 Å². The molecule has 0 aliphatic rings. The maximum absolute atomic E-state index is 12.7. The Balaban J connectivity index is 2.21. The van der Waals surface area contributed by atoms with Crippen molar-refractivity contribution < 1.29 is 38.0 Å². The standard InChI is InChI=1S/C31H34O8/c1-6-16-35-26-14-10-23(20-28(26)37-18-8-3)12-15-30(32)39-29(31(33)38-19-9-4)22-24-11-13-25(34-5)27(21-24)36-17-7-2/h6-15,20-21,29H,1-4,16-19,22H2,5H3/b15-12+. The summed E-state index contributed by atoms with van der Waals surface area (Å²) in [5.74, 6) is 0.556. The number of carbonyl (C=O) groups excluding carboxylic acids is 2. The molecule has 0 saturated carbocycles. The molecule has 2 aromatic rings. The summed E-state index contributed by atoms with van der Waals surface area (Å²) in [5.41, 5.74) is 1.33. The van der Waals surface area contributed by atoms with Gasteiger partial charge in [0.05, 0.1) is 7.11 Å². The summed E-state index contributed by atoms with van der Waals surface area (Å²) in [7, 11) is 1.52. The van der Waals surface area contributed by atoms with E-state index in [1.54, 1.807) is 60.7 Å². The Labute approximate surface area is 229 Å². The summed E-state index contributed by atoms with van der Waals surface area (Å²) in [6, 6.07) is 10.3. The van der Waals surface area contributed by atoms with Gasteiger partial charge in [-0.15, -0.1) is 0 Å². The van der Waals surface area contributed by atoms with Crippen molar-refractivity contribution in [1.29, 1.82) is 0 Å². The van der Waals surface area contributed by atoms with Crippen LogP contribution >= 0.6 is 0 Å². The Hall–Kier alpha value is -4.72. The van der Waals surface area contributed by atoms with Crippen LogP contribution < -0.4 is 18.9 Å². The van der Waals surface area contributed by atoms with E-state index < -0.39 is 18.0 Å². The van der Waals surface area contributed by atoms with Crippen molar-refractivity contribution in [2.75, 3.05) is 33.5 Å². The van der Waals surface area contributed by atoms with Crippen LogP contribution in [0.15, 0.2) is 93.1 Å². The smallest absolute Gasteiger partial charge is 0.348 e. The van der Waals surface area contributed by atoms with Crippen molar-refractivity contribution in [1.82, 2.24) is 0 Å². The third-order valence-electron chi connectivity index (χ3n) is 4.96. The molecule has 1 unspecified atom stereocenters. The summed E-state index contributed by atoms with van der Waals surface area (Å²) >= 11 is 0.